The van der Waals surface area contributed by atoms with Crippen molar-refractivity contribution in [3.8, 4) is 5.88 Å². The minimum Gasteiger partial charge on any atom is -0.476 e. The first-order chi connectivity index (χ1) is 11.5. The normalized spacial score (nSPS) is 10.9. The summed E-state index contributed by atoms with van der Waals surface area (Å²) in [6.07, 6.45) is 1.69. The zero-order valence-electron chi connectivity index (χ0n) is 14.7. The van der Waals surface area contributed by atoms with Crippen molar-refractivity contribution in [1.82, 2.24) is 25.0 Å². The number of carbonyl (C=O) groups excluding carboxylic acids is 1. The molecule has 0 fully saturated rings. The maximum Gasteiger partial charge on any atom is 0.269 e. The molecule has 0 saturated heterocycles. The molecule has 0 atom stereocenters. The lowest BCUT2D eigenvalue weighted by atomic mass is 10.2. The number of hydrogen-bond donors (Lipinski definition) is 1. The van der Waals surface area contributed by atoms with Crippen LogP contribution in [-0.4, -0.2) is 52.8 Å². The third-order valence-corrected chi connectivity index (χ3v) is 3.48. The Labute approximate surface area is 142 Å². The van der Waals surface area contributed by atoms with Crippen LogP contribution in [0.3, 0.4) is 0 Å². The Morgan fingerprint density at radius 1 is 1.38 bits per heavy atom. The molecule has 2 heterocycles. The molecule has 0 aliphatic rings. The summed E-state index contributed by atoms with van der Waals surface area (Å²) in [6.45, 7) is 6.31. The van der Waals surface area contributed by atoms with Crippen LogP contribution in [0.4, 0.5) is 0 Å². The first-order valence-corrected chi connectivity index (χ1v) is 8.04. The molecular formula is C17H25N5O2. The van der Waals surface area contributed by atoms with E-state index < -0.39 is 0 Å². The van der Waals surface area contributed by atoms with Gasteiger partial charge in [-0.2, -0.15) is 5.10 Å². The second-order valence-corrected chi connectivity index (χ2v) is 5.82. The SMILES string of the molecule is CCn1nc(C)cc1C(=O)NCc1ccnc(OCCN(C)C)c1. The molecule has 7 nitrogen and oxygen atoms in total. The van der Waals surface area contributed by atoms with Gasteiger partial charge in [-0.1, -0.05) is 0 Å². The Morgan fingerprint density at radius 2 is 2.17 bits per heavy atom. The average molecular weight is 331 g/mol. The number of aryl methyl sites for hydroxylation is 2. The number of amides is 1. The summed E-state index contributed by atoms with van der Waals surface area (Å²) in [5.41, 5.74) is 2.35. The molecule has 0 aliphatic heterocycles. The van der Waals surface area contributed by atoms with E-state index in [1.54, 1.807) is 16.9 Å². The largest absolute Gasteiger partial charge is 0.476 e. The minimum absolute atomic E-state index is 0.135. The van der Waals surface area contributed by atoms with Gasteiger partial charge in [0.2, 0.25) is 5.88 Å². The van der Waals surface area contributed by atoms with Gasteiger partial charge in [-0.05, 0) is 45.6 Å². The van der Waals surface area contributed by atoms with Gasteiger partial charge in [-0.3, -0.25) is 9.48 Å². The van der Waals surface area contributed by atoms with E-state index in [1.807, 2.05) is 45.0 Å². The Hall–Kier alpha value is -2.41. The molecule has 0 bridgehead atoms. The molecule has 0 aliphatic carbocycles. The highest BCUT2D eigenvalue weighted by Gasteiger charge is 2.12. The van der Waals surface area contributed by atoms with E-state index in [4.69, 9.17) is 4.74 Å². The number of ether oxygens (including phenoxy) is 1. The minimum atomic E-state index is -0.135. The number of pyridine rings is 1. The highest BCUT2D eigenvalue weighted by Crippen LogP contribution is 2.10. The van der Waals surface area contributed by atoms with Crippen LogP contribution in [0.15, 0.2) is 24.4 Å². The molecule has 1 N–H and O–H groups in total. The van der Waals surface area contributed by atoms with E-state index in [1.165, 1.54) is 0 Å². The van der Waals surface area contributed by atoms with Crippen molar-refractivity contribution in [2.24, 2.45) is 0 Å². The molecule has 0 aromatic carbocycles. The van der Waals surface area contributed by atoms with Crippen LogP contribution in [0.2, 0.25) is 0 Å². The fourth-order valence-electron chi connectivity index (χ4n) is 2.21. The number of hydrogen-bond acceptors (Lipinski definition) is 5. The van der Waals surface area contributed by atoms with E-state index in [0.717, 1.165) is 17.8 Å². The summed E-state index contributed by atoms with van der Waals surface area (Å²) in [7, 11) is 3.98. The molecule has 1 amide bonds. The molecule has 0 saturated carbocycles. The molecule has 2 aromatic rings. The quantitative estimate of drug-likeness (QED) is 0.793. The van der Waals surface area contributed by atoms with E-state index in [0.29, 0.717) is 31.3 Å². The number of nitrogens with one attached hydrogen (secondary N) is 1. The molecule has 130 valence electrons. The van der Waals surface area contributed by atoms with Gasteiger partial charge in [0.1, 0.15) is 12.3 Å². The topological polar surface area (TPSA) is 72.3 Å². The highest BCUT2D eigenvalue weighted by molar-refractivity contribution is 5.92. The summed E-state index contributed by atoms with van der Waals surface area (Å²) >= 11 is 0. The third-order valence-electron chi connectivity index (χ3n) is 3.48. The van der Waals surface area contributed by atoms with Crippen LogP contribution >= 0.6 is 0 Å². The van der Waals surface area contributed by atoms with Gasteiger partial charge in [0.15, 0.2) is 0 Å². The van der Waals surface area contributed by atoms with Gasteiger partial charge < -0.3 is 15.0 Å². The van der Waals surface area contributed by atoms with Gasteiger partial charge in [0.05, 0.1) is 5.69 Å². The summed E-state index contributed by atoms with van der Waals surface area (Å²) in [6, 6.07) is 5.50. The van der Waals surface area contributed by atoms with Gasteiger partial charge in [0, 0.05) is 31.9 Å². The van der Waals surface area contributed by atoms with Crippen molar-refractivity contribution < 1.29 is 9.53 Å². The molecule has 0 spiro atoms. The molecule has 0 radical (unpaired) electrons. The Balaban J connectivity index is 1.92. The zero-order valence-corrected chi connectivity index (χ0v) is 14.7. The predicted octanol–water partition coefficient (Wildman–Crippen LogP) is 1.48. The molecule has 7 heteroatoms. The Morgan fingerprint density at radius 3 is 2.88 bits per heavy atom. The Bertz CT molecular complexity index is 681. The van der Waals surface area contributed by atoms with E-state index in [-0.39, 0.29) is 5.91 Å². The number of rotatable bonds is 8. The van der Waals surface area contributed by atoms with Gasteiger partial charge in [0.25, 0.3) is 5.91 Å². The number of carbonyl (C=O) groups is 1. The first kappa shape index (κ1) is 17.9. The van der Waals surface area contributed by atoms with E-state index >= 15 is 0 Å². The van der Waals surface area contributed by atoms with Crippen molar-refractivity contribution in [3.63, 3.8) is 0 Å². The average Bonchev–Trinajstić information content (AvgIpc) is 2.94. The van der Waals surface area contributed by atoms with Gasteiger partial charge in [-0.25, -0.2) is 4.98 Å². The smallest absolute Gasteiger partial charge is 0.269 e. The van der Waals surface area contributed by atoms with Gasteiger partial charge >= 0.3 is 0 Å². The lowest BCUT2D eigenvalue weighted by Gasteiger charge is -2.11. The molecule has 0 unspecified atom stereocenters. The molecular weight excluding hydrogens is 306 g/mol. The van der Waals surface area contributed by atoms with Gasteiger partial charge in [-0.15, -0.1) is 0 Å². The van der Waals surface area contributed by atoms with Crippen molar-refractivity contribution in [2.45, 2.75) is 26.9 Å². The summed E-state index contributed by atoms with van der Waals surface area (Å²) < 4.78 is 7.31. The van der Waals surface area contributed by atoms with Crippen molar-refractivity contribution in [3.05, 3.63) is 41.3 Å². The Kier molecular flexibility index (Phi) is 6.31. The second kappa shape index (κ2) is 8.44. The van der Waals surface area contributed by atoms with Crippen molar-refractivity contribution in [1.29, 1.82) is 0 Å². The maximum atomic E-state index is 12.3. The molecule has 24 heavy (non-hydrogen) atoms. The fraction of sp³-hybridized carbons (Fsp3) is 0.471. The summed E-state index contributed by atoms with van der Waals surface area (Å²) in [5, 5.41) is 7.20. The zero-order chi connectivity index (χ0) is 17.5. The fourth-order valence-corrected chi connectivity index (χ4v) is 2.21. The first-order valence-electron chi connectivity index (χ1n) is 8.04. The summed E-state index contributed by atoms with van der Waals surface area (Å²) in [5.74, 6) is 0.433. The second-order valence-electron chi connectivity index (χ2n) is 5.82. The molecule has 2 aromatic heterocycles. The highest BCUT2D eigenvalue weighted by atomic mass is 16.5. The van der Waals surface area contributed by atoms with Crippen molar-refractivity contribution >= 4 is 5.91 Å². The molecule has 2 rings (SSSR count). The van der Waals surface area contributed by atoms with E-state index in [9.17, 15) is 4.79 Å². The predicted molar refractivity (Wildman–Crippen MR) is 92.1 cm³/mol. The summed E-state index contributed by atoms with van der Waals surface area (Å²) in [4.78, 5) is 18.5. The lowest BCUT2D eigenvalue weighted by Crippen LogP contribution is -2.25. The third kappa shape index (κ3) is 5.06. The monoisotopic (exact) mass is 331 g/mol. The van der Waals surface area contributed by atoms with Crippen LogP contribution in [0.5, 0.6) is 5.88 Å². The number of aromatic nitrogens is 3. The number of likely N-dealkylation sites (N-methyl/N-ethyl adjacent to an activating group) is 1. The van der Waals surface area contributed by atoms with Crippen LogP contribution in [0, 0.1) is 6.92 Å². The van der Waals surface area contributed by atoms with Crippen LogP contribution in [0.1, 0.15) is 28.7 Å². The van der Waals surface area contributed by atoms with Crippen LogP contribution < -0.4 is 10.1 Å². The maximum absolute atomic E-state index is 12.3. The van der Waals surface area contributed by atoms with E-state index in [2.05, 4.69) is 15.4 Å². The lowest BCUT2D eigenvalue weighted by molar-refractivity contribution is 0.0940. The number of nitrogens with zero attached hydrogens (tertiary/aromatic N) is 4. The van der Waals surface area contributed by atoms with Crippen molar-refractivity contribution in [2.75, 3.05) is 27.2 Å². The standard InChI is InChI=1S/C17H25N5O2/c1-5-22-15(10-13(2)20-22)17(23)19-12-14-6-7-18-16(11-14)24-9-8-21(3)4/h6-7,10-11H,5,8-9,12H2,1-4H3,(H,19,23). The van der Waals surface area contributed by atoms with Crippen LogP contribution in [-0.2, 0) is 13.1 Å². The van der Waals surface area contributed by atoms with Crippen LogP contribution in [0.25, 0.3) is 0 Å².